The number of methoxy groups -OCH3 is 1. The Balaban J connectivity index is 1.18. The zero-order chi connectivity index (χ0) is 25.3. The second kappa shape index (κ2) is 12.1. The first-order valence-corrected chi connectivity index (χ1v) is 12.2. The van der Waals surface area contributed by atoms with Crippen molar-refractivity contribution >= 4 is 23.5 Å². The van der Waals surface area contributed by atoms with Crippen LogP contribution in [0, 0.1) is 5.92 Å². The van der Waals surface area contributed by atoms with Crippen LogP contribution in [0.2, 0.25) is 0 Å². The van der Waals surface area contributed by atoms with Gasteiger partial charge in [-0.15, -0.1) is 0 Å². The number of carbonyl (C=O) groups is 3. The summed E-state index contributed by atoms with van der Waals surface area (Å²) in [7, 11) is 1.43. The summed E-state index contributed by atoms with van der Waals surface area (Å²) in [5, 5.41) is 9.20. The average molecular weight is 491 g/mol. The third kappa shape index (κ3) is 6.78. The van der Waals surface area contributed by atoms with Crippen LogP contribution in [0.25, 0.3) is 11.5 Å². The second-order valence-corrected chi connectivity index (χ2v) is 8.96. The smallest absolute Gasteiger partial charge is 0.305 e. The number of nitrogens with zero attached hydrogens (tertiary/aromatic N) is 2. The van der Waals surface area contributed by atoms with Gasteiger partial charge in [0.25, 0.3) is 17.6 Å². The topological polar surface area (TPSA) is 123 Å². The van der Waals surface area contributed by atoms with Crippen LogP contribution in [0.3, 0.4) is 0 Å². The van der Waals surface area contributed by atoms with E-state index < -0.39 is 5.91 Å². The van der Waals surface area contributed by atoms with Crippen LogP contribution in [0.1, 0.15) is 60.6 Å². The first-order valence-electron chi connectivity index (χ1n) is 12.2. The van der Waals surface area contributed by atoms with Crippen LogP contribution in [-0.4, -0.2) is 41.6 Å². The van der Waals surface area contributed by atoms with Gasteiger partial charge in [-0.1, -0.05) is 35.5 Å². The summed E-state index contributed by atoms with van der Waals surface area (Å²) in [6.07, 6.45) is 4.73. The molecule has 1 fully saturated rings. The minimum Gasteiger partial charge on any atom is -0.469 e. The Morgan fingerprint density at radius 2 is 1.72 bits per heavy atom. The molecule has 1 aromatic heterocycles. The number of rotatable bonds is 9. The molecule has 0 radical (unpaired) electrons. The van der Waals surface area contributed by atoms with E-state index in [1.54, 1.807) is 0 Å². The Morgan fingerprint density at radius 1 is 1.00 bits per heavy atom. The molecule has 4 rings (SSSR count). The average Bonchev–Trinajstić information content (AvgIpc) is 3.41. The summed E-state index contributed by atoms with van der Waals surface area (Å²) < 4.78 is 9.92. The fraction of sp³-hybridized carbons (Fsp3) is 0.370. The molecule has 0 unspecified atom stereocenters. The first kappa shape index (κ1) is 25.1. The van der Waals surface area contributed by atoms with Crippen molar-refractivity contribution in [2.75, 3.05) is 19.0 Å². The second-order valence-electron chi connectivity index (χ2n) is 8.96. The van der Waals surface area contributed by atoms with Gasteiger partial charge in [0.05, 0.1) is 7.11 Å². The summed E-state index contributed by atoms with van der Waals surface area (Å²) in [6.45, 7) is 0.146. The largest absolute Gasteiger partial charge is 0.469 e. The highest BCUT2D eigenvalue weighted by Crippen LogP contribution is 2.37. The molecule has 2 N–H and O–H groups in total. The van der Waals surface area contributed by atoms with Gasteiger partial charge in [-0.2, -0.15) is 4.98 Å². The van der Waals surface area contributed by atoms with Crippen LogP contribution < -0.4 is 10.6 Å². The van der Waals surface area contributed by atoms with Crippen molar-refractivity contribution in [3.05, 3.63) is 66.0 Å². The van der Waals surface area contributed by atoms with E-state index in [9.17, 15) is 14.4 Å². The molecule has 2 aromatic carbocycles. The van der Waals surface area contributed by atoms with E-state index in [4.69, 9.17) is 9.26 Å². The molecule has 36 heavy (non-hydrogen) atoms. The van der Waals surface area contributed by atoms with Crippen LogP contribution in [0.4, 0.5) is 5.69 Å². The molecular formula is C27H30N4O5. The standard InChI is InChI=1S/C27H30N4O5/c1-35-24(33)17-18-7-9-19(10-8-18)20-11-13-22(14-12-20)29-23(32)15-16-28-26(34)25-30-27(36-31-25)21-5-3-2-4-6-21/h2-6,11-14,18-19H,7-10,15-17H2,1H3,(H,28,34)(H,29,32). The fourth-order valence-electron chi connectivity index (χ4n) is 4.46. The number of nitrogens with one attached hydrogen (secondary N) is 2. The minimum atomic E-state index is -0.501. The van der Waals surface area contributed by atoms with E-state index in [0.717, 1.165) is 31.2 Å². The minimum absolute atomic E-state index is 0.0795. The van der Waals surface area contributed by atoms with Gasteiger partial charge >= 0.3 is 5.97 Å². The molecular weight excluding hydrogens is 460 g/mol. The third-order valence-corrected chi connectivity index (χ3v) is 6.48. The quantitative estimate of drug-likeness (QED) is 0.428. The number of aromatic nitrogens is 2. The lowest BCUT2D eigenvalue weighted by molar-refractivity contribution is -0.142. The Bertz CT molecular complexity index is 1170. The highest BCUT2D eigenvalue weighted by atomic mass is 16.5. The van der Waals surface area contributed by atoms with Gasteiger partial charge in [0.15, 0.2) is 0 Å². The zero-order valence-corrected chi connectivity index (χ0v) is 20.2. The van der Waals surface area contributed by atoms with Crippen LogP contribution >= 0.6 is 0 Å². The predicted octanol–water partition coefficient (Wildman–Crippen LogP) is 4.33. The Hall–Kier alpha value is -4.01. The number of ether oxygens (including phenoxy) is 1. The molecule has 0 atom stereocenters. The summed E-state index contributed by atoms with van der Waals surface area (Å²) >= 11 is 0. The molecule has 0 bridgehead atoms. The highest BCUT2D eigenvalue weighted by Gasteiger charge is 2.24. The number of anilines is 1. The van der Waals surface area contributed by atoms with Crippen molar-refractivity contribution in [2.45, 2.75) is 44.4 Å². The van der Waals surface area contributed by atoms with Crippen LogP contribution in [-0.2, 0) is 14.3 Å². The maximum Gasteiger partial charge on any atom is 0.305 e. The molecule has 0 aliphatic heterocycles. The van der Waals surface area contributed by atoms with Gasteiger partial charge in [-0.25, -0.2) is 0 Å². The van der Waals surface area contributed by atoms with E-state index in [0.29, 0.717) is 23.9 Å². The van der Waals surface area contributed by atoms with Gasteiger partial charge < -0.3 is 19.9 Å². The highest BCUT2D eigenvalue weighted by molar-refractivity contribution is 5.93. The lowest BCUT2D eigenvalue weighted by Crippen LogP contribution is -2.28. The predicted molar refractivity (Wildman–Crippen MR) is 133 cm³/mol. The van der Waals surface area contributed by atoms with Crippen molar-refractivity contribution in [3.63, 3.8) is 0 Å². The number of esters is 1. The normalized spacial score (nSPS) is 17.2. The molecule has 2 amide bonds. The first-order chi connectivity index (χ1) is 17.5. The van der Waals surface area contributed by atoms with E-state index in [-0.39, 0.29) is 36.6 Å². The molecule has 0 spiro atoms. The molecule has 1 heterocycles. The molecule has 188 valence electrons. The van der Waals surface area contributed by atoms with Crippen molar-refractivity contribution < 1.29 is 23.6 Å². The van der Waals surface area contributed by atoms with Crippen molar-refractivity contribution in [1.29, 1.82) is 0 Å². The van der Waals surface area contributed by atoms with Crippen LogP contribution in [0.5, 0.6) is 0 Å². The van der Waals surface area contributed by atoms with E-state index >= 15 is 0 Å². The summed E-state index contributed by atoms with van der Waals surface area (Å²) in [6, 6.07) is 17.1. The molecule has 1 saturated carbocycles. The molecule has 3 aromatic rings. The van der Waals surface area contributed by atoms with E-state index in [1.165, 1.54) is 12.7 Å². The lowest BCUT2D eigenvalue weighted by Gasteiger charge is -2.28. The van der Waals surface area contributed by atoms with Crippen molar-refractivity contribution in [3.8, 4) is 11.5 Å². The van der Waals surface area contributed by atoms with Gasteiger partial charge in [-0.05, 0) is 67.3 Å². The van der Waals surface area contributed by atoms with Gasteiger partial charge in [0, 0.05) is 30.6 Å². The number of hydrogen-bond acceptors (Lipinski definition) is 7. The van der Waals surface area contributed by atoms with Crippen LogP contribution in [0.15, 0.2) is 59.1 Å². The monoisotopic (exact) mass is 490 g/mol. The Morgan fingerprint density at radius 3 is 2.42 bits per heavy atom. The Kier molecular flexibility index (Phi) is 8.44. The number of carbonyl (C=O) groups excluding carboxylic acids is 3. The fourth-order valence-corrected chi connectivity index (χ4v) is 4.46. The van der Waals surface area contributed by atoms with E-state index in [1.807, 2.05) is 54.6 Å². The van der Waals surface area contributed by atoms with Crippen molar-refractivity contribution in [2.24, 2.45) is 5.92 Å². The van der Waals surface area contributed by atoms with Gasteiger partial charge in [0.2, 0.25) is 5.91 Å². The molecule has 0 saturated heterocycles. The molecule has 9 nitrogen and oxygen atoms in total. The maximum atomic E-state index is 12.3. The van der Waals surface area contributed by atoms with Gasteiger partial charge in [-0.3, -0.25) is 14.4 Å². The lowest BCUT2D eigenvalue weighted by atomic mass is 9.77. The molecule has 1 aliphatic carbocycles. The number of benzene rings is 2. The maximum absolute atomic E-state index is 12.3. The summed E-state index contributed by atoms with van der Waals surface area (Å²) in [4.78, 5) is 40.1. The number of amides is 2. The molecule has 1 aliphatic rings. The Labute approximate surface area is 209 Å². The zero-order valence-electron chi connectivity index (χ0n) is 20.2. The summed E-state index contributed by atoms with van der Waals surface area (Å²) in [5.41, 5.74) is 2.67. The number of hydrogen-bond donors (Lipinski definition) is 2. The SMILES string of the molecule is COC(=O)CC1CCC(c2ccc(NC(=O)CCNC(=O)c3noc(-c4ccccc4)n3)cc2)CC1. The summed E-state index contributed by atoms with van der Waals surface area (Å²) in [5.74, 6) is 0.208. The molecule has 9 heteroatoms. The van der Waals surface area contributed by atoms with E-state index in [2.05, 4.69) is 20.8 Å². The van der Waals surface area contributed by atoms with Crippen molar-refractivity contribution in [1.82, 2.24) is 15.5 Å². The van der Waals surface area contributed by atoms with Gasteiger partial charge in [0.1, 0.15) is 0 Å². The third-order valence-electron chi connectivity index (χ3n) is 6.48.